The van der Waals surface area contributed by atoms with Gasteiger partial charge < -0.3 is 9.84 Å². The first-order valence-corrected chi connectivity index (χ1v) is 11.7. The highest BCUT2D eigenvalue weighted by Gasteiger charge is 2.10. The van der Waals surface area contributed by atoms with Gasteiger partial charge >= 0.3 is 0 Å². The van der Waals surface area contributed by atoms with Crippen molar-refractivity contribution in [3.63, 3.8) is 0 Å². The third-order valence-electron chi connectivity index (χ3n) is 4.83. The molecule has 0 saturated carbocycles. The van der Waals surface area contributed by atoms with Crippen molar-refractivity contribution in [2.24, 2.45) is 5.10 Å². The first-order chi connectivity index (χ1) is 15.2. The molecule has 2 N–H and O–H groups in total. The van der Waals surface area contributed by atoms with Crippen LogP contribution in [0.1, 0.15) is 52.4 Å². The predicted molar refractivity (Wildman–Crippen MR) is 135 cm³/mol. The number of aromatic hydroxyl groups is 1. The molecule has 0 spiro atoms. The van der Waals surface area contributed by atoms with Gasteiger partial charge in [-0.3, -0.25) is 4.79 Å². The zero-order valence-electron chi connectivity index (χ0n) is 18.0. The smallest absolute Gasteiger partial charge is 0.271 e. The highest BCUT2D eigenvalue weighted by Crippen LogP contribution is 2.30. The van der Waals surface area contributed by atoms with E-state index in [1.54, 1.807) is 24.3 Å². The van der Waals surface area contributed by atoms with Gasteiger partial charge in [0, 0.05) is 15.6 Å². The molecule has 0 heterocycles. The number of hydrazone groups is 1. The molecular weight excluding hydrogens is 536 g/mol. The third-order valence-corrected chi connectivity index (χ3v) is 5.89. The van der Waals surface area contributed by atoms with Gasteiger partial charge in [0.25, 0.3) is 5.91 Å². The van der Waals surface area contributed by atoms with Crippen LogP contribution in [0.4, 0.5) is 0 Å². The van der Waals surface area contributed by atoms with Crippen LogP contribution in [0, 0.1) is 6.92 Å². The van der Waals surface area contributed by atoms with E-state index in [9.17, 15) is 9.90 Å². The summed E-state index contributed by atoms with van der Waals surface area (Å²) in [6.07, 6.45) is 1.39. The van der Waals surface area contributed by atoms with Gasteiger partial charge in [-0.05, 0) is 75.8 Å². The number of phenols is 1. The summed E-state index contributed by atoms with van der Waals surface area (Å²) in [5.41, 5.74) is 6.71. The number of phenolic OH excluding ortho intramolecular Hbond substituents is 1. The molecule has 5 nitrogen and oxygen atoms in total. The average Bonchev–Trinajstić information content (AvgIpc) is 2.75. The van der Waals surface area contributed by atoms with Gasteiger partial charge in [-0.15, -0.1) is 0 Å². The van der Waals surface area contributed by atoms with Crippen LogP contribution in [-0.4, -0.2) is 17.2 Å². The molecule has 0 aliphatic rings. The quantitative estimate of drug-likeness (QED) is 0.250. The minimum atomic E-state index is -0.344. The number of amides is 1. The molecular formula is C25H24Br2N2O3. The van der Waals surface area contributed by atoms with E-state index in [-0.39, 0.29) is 11.7 Å². The lowest BCUT2D eigenvalue weighted by Gasteiger charge is -2.15. The second-order valence-electron chi connectivity index (χ2n) is 7.71. The number of aryl methyl sites for hydroxylation is 1. The first kappa shape index (κ1) is 24.0. The number of rotatable bonds is 7. The molecule has 7 heteroatoms. The van der Waals surface area contributed by atoms with Crippen molar-refractivity contribution in [1.29, 1.82) is 0 Å². The van der Waals surface area contributed by atoms with E-state index in [1.807, 2.05) is 19.1 Å². The summed E-state index contributed by atoms with van der Waals surface area (Å²) in [5, 5.41) is 14.0. The maximum Gasteiger partial charge on any atom is 0.271 e. The predicted octanol–water partition coefficient (Wildman–Crippen LogP) is 6.69. The summed E-state index contributed by atoms with van der Waals surface area (Å²) in [5.74, 6) is 0.962. The number of nitrogens with zero attached hydrogens (tertiary/aromatic N) is 1. The minimum absolute atomic E-state index is 0.0461. The molecule has 1 amide bonds. The molecule has 166 valence electrons. The summed E-state index contributed by atoms with van der Waals surface area (Å²) < 4.78 is 7.36. The third kappa shape index (κ3) is 6.20. The molecule has 0 saturated heterocycles. The lowest BCUT2D eigenvalue weighted by atomic mass is 10.0. The molecule has 3 rings (SSSR count). The molecule has 32 heavy (non-hydrogen) atoms. The van der Waals surface area contributed by atoms with Crippen molar-refractivity contribution in [2.75, 3.05) is 0 Å². The van der Waals surface area contributed by atoms with Crippen molar-refractivity contribution in [2.45, 2.75) is 33.3 Å². The van der Waals surface area contributed by atoms with Crippen molar-refractivity contribution in [1.82, 2.24) is 5.43 Å². The fourth-order valence-corrected chi connectivity index (χ4v) is 4.32. The van der Waals surface area contributed by atoms with Gasteiger partial charge in [0.1, 0.15) is 18.1 Å². The summed E-state index contributed by atoms with van der Waals surface area (Å²) in [7, 11) is 0. The molecule has 3 aromatic rings. The Bertz CT molecular complexity index is 1140. The summed E-state index contributed by atoms with van der Waals surface area (Å²) >= 11 is 6.62. The summed E-state index contributed by atoms with van der Waals surface area (Å²) in [6, 6.07) is 16.9. The van der Waals surface area contributed by atoms with Crippen LogP contribution in [0.3, 0.4) is 0 Å². The number of carbonyl (C=O) groups excluding carboxylic acids is 1. The average molecular weight is 560 g/mol. The topological polar surface area (TPSA) is 70.9 Å². The SMILES string of the molecule is Cc1ccc(C(C)C)c(OCc2ccc(C(=O)NN=Cc3cc(Br)cc(Br)c3O)cc2)c1. The Kier molecular flexibility index (Phi) is 8.10. The maximum absolute atomic E-state index is 12.4. The van der Waals surface area contributed by atoms with Crippen LogP contribution in [0.5, 0.6) is 11.5 Å². The molecule has 3 aromatic carbocycles. The Balaban J connectivity index is 1.61. The number of halogens is 2. The highest BCUT2D eigenvalue weighted by molar-refractivity contribution is 9.11. The van der Waals surface area contributed by atoms with Gasteiger partial charge in [0.15, 0.2) is 0 Å². The molecule has 0 unspecified atom stereocenters. The number of hydrogen-bond donors (Lipinski definition) is 2. The molecule has 0 bridgehead atoms. The van der Waals surface area contributed by atoms with Gasteiger partial charge in [-0.25, -0.2) is 5.43 Å². The Labute approximate surface area is 204 Å². The Hall–Kier alpha value is -2.64. The van der Waals surface area contributed by atoms with Crippen molar-refractivity contribution in [3.8, 4) is 11.5 Å². The Morgan fingerprint density at radius 3 is 2.53 bits per heavy atom. The minimum Gasteiger partial charge on any atom is -0.506 e. The molecule has 0 aromatic heterocycles. The first-order valence-electron chi connectivity index (χ1n) is 10.1. The highest BCUT2D eigenvalue weighted by atomic mass is 79.9. The molecule has 0 aliphatic heterocycles. The van der Waals surface area contributed by atoms with Crippen LogP contribution in [-0.2, 0) is 6.61 Å². The normalized spacial score (nSPS) is 11.2. The zero-order valence-corrected chi connectivity index (χ0v) is 21.2. The largest absolute Gasteiger partial charge is 0.506 e. The van der Waals surface area contributed by atoms with Gasteiger partial charge in [0.05, 0.1) is 10.7 Å². The Morgan fingerprint density at radius 2 is 1.84 bits per heavy atom. The summed E-state index contributed by atoms with van der Waals surface area (Å²) in [4.78, 5) is 12.4. The monoisotopic (exact) mass is 558 g/mol. The van der Waals surface area contributed by atoms with Crippen LogP contribution in [0.15, 0.2) is 68.6 Å². The second-order valence-corrected chi connectivity index (χ2v) is 9.48. The van der Waals surface area contributed by atoms with E-state index in [0.29, 0.717) is 28.1 Å². The van der Waals surface area contributed by atoms with E-state index < -0.39 is 0 Å². The van der Waals surface area contributed by atoms with Crippen LogP contribution in [0.2, 0.25) is 0 Å². The molecule has 0 aliphatic carbocycles. The number of carbonyl (C=O) groups is 1. The number of nitrogens with one attached hydrogen (secondary N) is 1. The number of hydrogen-bond acceptors (Lipinski definition) is 4. The second kappa shape index (κ2) is 10.8. The molecule has 0 atom stereocenters. The summed E-state index contributed by atoms with van der Waals surface area (Å²) in [6.45, 7) is 6.75. The fourth-order valence-electron chi connectivity index (χ4n) is 3.07. The van der Waals surface area contributed by atoms with E-state index in [4.69, 9.17) is 4.74 Å². The molecule has 0 fully saturated rings. The van der Waals surface area contributed by atoms with Crippen LogP contribution in [0.25, 0.3) is 0 Å². The fraction of sp³-hybridized carbons (Fsp3) is 0.200. The standard InChI is InChI=1S/C25H24Br2N2O3/c1-15(2)21-9-4-16(3)10-23(21)32-14-17-5-7-18(8-6-17)25(31)29-28-13-19-11-20(26)12-22(27)24(19)30/h4-13,15,30H,14H2,1-3H3,(H,29,31). The van der Waals surface area contributed by atoms with E-state index in [0.717, 1.165) is 21.3 Å². The van der Waals surface area contributed by atoms with Crippen molar-refractivity contribution in [3.05, 3.63) is 91.4 Å². The number of benzene rings is 3. The zero-order chi connectivity index (χ0) is 23.3. The van der Waals surface area contributed by atoms with E-state index in [1.165, 1.54) is 11.8 Å². The van der Waals surface area contributed by atoms with Gasteiger partial charge in [-0.2, -0.15) is 5.10 Å². The lowest BCUT2D eigenvalue weighted by Crippen LogP contribution is -2.17. The Morgan fingerprint density at radius 1 is 1.12 bits per heavy atom. The maximum atomic E-state index is 12.4. The van der Waals surface area contributed by atoms with E-state index in [2.05, 4.69) is 74.4 Å². The van der Waals surface area contributed by atoms with Crippen molar-refractivity contribution >= 4 is 44.0 Å². The van der Waals surface area contributed by atoms with Crippen LogP contribution >= 0.6 is 31.9 Å². The van der Waals surface area contributed by atoms with Crippen molar-refractivity contribution < 1.29 is 14.6 Å². The van der Waals surface area contributed by atoms with Crippen LogP contribution < -0.4 is 10.2 Å². The number of ether oxygens (including phenoxy) is 1. The van der Waals surface area contributed by atoms with Gasteiger partial charge in [-0.1, -0.05) is 54.0 Å². The van der Waals surface area contributed by atoms with Gasteiger partial charge in [0.2, 0.25) is 0 Å². The molecule has 0 radical (unpaired) electrons. The lowest BCUT2D eigenvalue weighted by molar-refractivity contribution is 0.0955. The van der Waals surface area contributed by atoms with E-state index >= 15 is 0 Å².